The molecule has 19 heavy (non-hydrogen) atoms. The molecule has 98 valence electrons. The van der Waals surface area contributed by atoms with Crippen molar-refractivity contribution in [3.8, 4) is 0 Å². The third kappa shape index (κ3) is 2.76. The molecule has 0 saturated carbocycles. The lowest BCUT2D eigenvalue weighted by Gasteiger charge is -2.06. The topological polar surface area (TPSA) is 100 Å². The molecule has 2 N–H and O–H groups in total. The van der Waals surface area contributed by atoms with Crippen molar-refractivity contribution < 1.29 is 14.3 Å². The fourth-order valence-electron chi connectivity index (χ4n) is 1.59. The van der Waals surface area contributed by atoms with Crippen molar-refractivity contribution in [2.45, 2.75) is 6.54 Å². The van der Waals surface area contributed by atoms with Gasteiger partial charge in [0.2, 0.25) is 0 Å². The van der Waals surface area contributed by atoms with E-state index in [0.717, 1.165) is 0 Å². The number of hydrogen-bond donors (Lipinski definition) is 1. The van der Waals surface area contributed by atoms with Crippen LogP contribution in [0.5, 0.6) is 0 Å². The molecule has 1 amide bonds. The molecule has 0 radical (unpaired) electrons. The number of carbonyl (C=O) groups is 2. The molecule has 2 rings (SSSR count). The molecule has 7 nitrogen and oxygen atoms in total. The highest BCUT2D eigenvalue weighted by Crippen LogP contribution is 2.09. The van der Waals surface area contributed by atoms with E-state index in [4.69, 9.17) is 5.73 Å². The Morgan fingerprint density at radius 3 is 2.89 bits per heavy atom. The van der Waals surface area contributed by atoms with Crippen molar-refractivity contribution in [1.82, 2.24) is 14.8 Å². The molecule has 0 aliphatic carbocycles. The summed E-state index contributed by atoms with van der Waals surface area (Å²) in [6, 6.07) is 3.26. The van der Waals surface area contributed by atoms with E-state index in [2.05, 4.69) is 14.8 Å². The number of hydrogen-bond acceptors (Lipinski definition) is 5. The highest BCUT2D eigenvalue weighted by atomic mass is 16.5. The first-order valence-electron chi connectivity index (χ1n) is 5.46. The van der Waals surface area contributed by atoms with Crippen molar-refractivity contribution in [2.75, 3.05) is 7.11 Å². The van der Waals surface area contributed by atoms with Crippen LogP contribution in [0.1, 0.15) is 26.4 Å². The van der Waals surface area contributed by atoms with Gasteiger partial charge in [-0.05, 0) is 12.1 Å². The zero-order valence-electron chi connectivity index (χ0n) is 10.2. The van der Waals surface area contributed by atoms with E-state index in [9.17, 15) is 9.59 Å². The number of aromatic nitrogens is 3. The Labute approximate surface area is 109 Å². The van der Waals surface area contributed by atoms with Crippen LogP contribution in [0.4, 0.5) is 0 Å². The molecule has 7 heteroatoms. The third-order valence-electron chi connectivity index (χ3n) is 2.53. The smallest absolute Gasteiger partial charge is 0.339 e. The number of carbonyl (C=O) groups excluding carboxylic acids is 2. The maximum atomic E-state index is 11.6. The van der Waals surface area contributed by atoms with Gasteiger partial charge in [-0.3, -0.25) is 14.5 Å². The summed E-state index contributed by atoms with van der Waals surface area (Å²) in [6.45, 7) is 0.249. The summed E-state index contributed by atoms with van der Waals surface area (Å²) in [6.07, 6.45) is 4.43. The minimum Gasteiger partial charge on any atom is -0.465 e. The summed E-state index contributed by atoms with van der Waals surface area (Å²) in [5.74, 6) is -1.02. The minimum atomic E-state index is -0.555. The van der Waals surface area contributed by atoms with Crippen LogP contribution >= 0.6 is 0 Å². The summed E-state index contributed by atoms with van der Waals surface area (Å²) in [5.41, 5.74) is 6.31. The Hall–Kier alpha value is -2.70. The van der Waals surface area contributed by atoms with Crippen LogP contribution in [-0.4, -0.2) is 33.8 Å². The van der Waals surface area contributed by atoms with E-state index in [1.807, 2.05) is 0 Å². The van der Waals surface area contributed by atoms with Gasteiger partial charge in [-0.2, -0.15) is 5.10 Å². The molecule has 2 aromatic heterocycles. The van der Waals surface area contributed by atoms with Crippen LogP contribution in [-0.2, 0) is 11.3 Å². The van der Waals surface area contributed by atoms with Crippen molar-refractivity contribution in [3.63, 3.8) is 0 Å². The second kappa shape index (κ2) is 5.30. The van der Waals surface area contributed by atoms with E-state index in [1.165, 1.54) is 24.2 Å². The van der Waals surface area contributed by atoms with Crippen LogP contribution in [0.15, 0.2) is 30.7 Å². The molecule has 2 heterocycles. The van der Waals surface area contributed by atoms with E-state index in [-0.39, 0.29) is 6.54 Å². The summed E-state index contributed by atoms with van der Waals surface area (Å²) >= 11 is 0. The van der Waals surface area contributed by atoms with Gasteiger partial charge in [0.05, 0.1) is 36.7 Å². The number of primary amides is 1. The van der Waals surface area contributed by atoms with Gasteiger partial charge in [-0.25, -0.2) is 4.79 Å². The van der Waals surface area contributed by atoms with Crippen LogP contribution in [0.25, 0.3) is 0 Å². The van der Waals surface area contributed by atoms with Gasteiger partial charge in [-0.1, -0.05) is 0 Å². The maximum absolute atomic E-state index is 11.6. The fourth-order valence-corrected chi connectivity index (χ4v) is 1.59. The minimum absolute atomic E-state index is 0.249. The quantitative estimate of drug-likeness (QED) is 0.792. The number of pyridine rings is 1. The van der Waals surface area contributed by atoms with E-state index in [0.29, 0.717) is 16.8 Å². The molecule has 0 fully saturated rings. The first-order chi connectivity index (χ1) is 9.11. The average molecular weight is 260 g/mol. The third-order valence-corrected chi connectivity index (χ3v) is 2.53. The van der Waals surface area contributed by atoms with Gasteiger partial charge < -0.3 is 10.5 Å². The number of methoxy groups -OCH3 is 1. The van der Waals surface area contributed by atoms with Crippen LogP contribution in [0.3, 0.4) is 0 Å². The number of nitrogens with two attached hydrogens (primary N) is 1. The Morgan fingerprint density at radius 2 is 2.26 bits per heavy atom. The van der Waals surface area contributed by atoms with Gasteiger partial charge >= 0.3 is 5.97 Å². The molecular weight excluding hydrogens is 248 g/mol. The number of esters is 1. The van der Waals surface area contributed by atoms with Crippen LogP contribution < -0.4 is 5.73 Å². The summed E-state index contributed by atoms with van der Waals surface area (Å²) < 4.78 is 6.16. The van der Waals surface area contributed by atoms with Crippen molar-refractivity contribution in [1.29, 1.82) is 0 Å². The average Bonchev–Trinajstić information content (AvgIpc) is 2.87. The van der Waals surface area contributed by atoms with Gasteiger partial charge in [0.1, 0.15) is 0 Å². The lowest BCUT2D eigenvalue weighted by atomic mass is 10.2. The second-order valence-electron chi connectivity index (χ2n) is 3.78. The Bertz CT molecular complexity index is 621. The normalized spacial score (nSPS) is 10.2. The molecule has 0 aliphatic heterocycles. The van der Waals surface area contributed by atoms with Gasteiger partial charge in [0, 0.05) is 12.4 Å². The number of rotatable bonds is 4. The molecule has 0 saturated heterocycles. The molecule has 2 aromatic rings. The molecule has 0 unspecified atom stereocenters. The van der Waals surface area contributed by atoms with E-state index < -0.39 is 11.9 Å². The SMILES string of the molecule is COC(=O)c1cccnc1Cn1cc(C(N)=O)cn1. The summed E-state index contributed by atoms with van der Waals surface area (Å²) in [4.78, 5) is 26.7. The Morgan fingerprint density at radius 1 is 1.47 bits per heavy atom. The lowest BCUT2D eigenvalue weighted by Crippen LogP contribution is -2.12. The zero-order valence-corrected chi connectivity index (χ0v) is 10.2. The predicted octanol–water partition coefficient (Wildman–Crippen LogP) is 0.212. The predicted molar refractivity (Wildman–Crippen MR) is 65.4 cm³/mol. The Balaban J connectivity index is 2.27. The number of amides is 1. The first kappa shape index (κ1) is 12.7. The van der Waals surface area contributed by atoms with Crippen molar-refractivity contribution >= 4 is 11.9 Å². The summed E-state index contributed by atoms with van der Waals surface area (Å²) in [5, 5.41) is 3.98. The van der Waals surface area contributed by atoms with E-state index in [1.54, 1.807) is 18.3 Å². The van der Waals surface area contributed by atoms with Crippen LogP contribution in [0.2, 0.25) is 0 Å². The van der Waals surface area contributed by atoms with Gasteiger partial charge in [0.25, 0.3) is 5.91 Å². The molecular formula is C12H12N4O3. The molecule has 0 bridgehead atoms. The lowest BCUT2D eigenvalue weighted by molar-refractivity contribution is 0.0598. The van der Waals surface area contributed by atoms with Gasteiger partial charge in [0.15, 0.2) is 0 Å². The molecule has 0 spiro atoms. The second-order valence-corrected chi connectivity index (χ2v) is 3.78. The molecule has 0 aromatic carbocycles. The highest BCUT2D eigenvalue weighted by molar-refractivity contribution is 5.92. The van der Waals surface area contributed by atoms with Crippen LogP contribution in [0, 0.1) is 0 Å². The maximum Gasteiger partial charge on any atom is 0.339 e. The van der Waals surface area contributed by atoms with Crippen molar-refractivity contribution in [3.05, 3.63) is 47.5 Å². The standard InChI is InChI=1S/C12H12N4O3/c1-19-12(18)9-3-2-4-14-10(9)7-16-6-8(5-15-16)11(13)17/h2-6H,7H2,1H3,(H2,13,17). The Kier molecular flexibility index (Phi) is 3.56. The highest BCUT2D eigenvalue weighted by Gasteiger charge is 2.13. The largest absolute Gasteiger partial charge is 0.465 e. The first-order valence-corrected chi connectivity index (χ1v) is 5.46. The molecule has 0 atom stereocenters. The molecule has 0 aliphatic rings. The van der Waals surface area contributed by atoms with Crippen molar-refractivity contribution in [2.24, 2.45) is 5.73 Å². The van der Waals surface area contributed by atoms with Gasteiger partial charge in [-0.15, -0.1) is 0 Å². The summed E-state index contributed by atoms with van der Waals surface area (Å²) in [7, 11) is 1.30. The number of nitrogens with zero attached hydrogens (tertiary/aromatic N) is 3. The zero-order chi connectivity index (χ0) is 13.8. The monoisotopic (exact) mass is 260 g/mol. The number of ether oxygens (including phenoxy) is 1. The fraction of sp³-hybridized carbons (Fsp3) is 0.167. The van der Waals surface area contributed by atoms with E-state index >= 15 is 0 Å².